The summed E-state index contributed by atoms with van der Waals surface area (Å²) in [6.07, 6.45) is 1.83. The summed E-state index contributed by atoms with van der Waals surface area (Å²) < 4.78 is 0. The lowest BCUT2D eigenvalue weighted by molar-refractivity contribution is -0.125. The minimum absolute atomic E-state index is 0.0103. The number of urea groups is 1. The maximum atomic E-state index is 13.0. The van der Waals surface area contributed by atoms with Crippen molar-refractivity contribution >= 4 is 11.9 Å². The van der Waals surface area contributed by atoms with E-state index in [4.69, 9.17) is 0 Å². The Morgan fingerprint density at radius 3 is 2.52 bits per heavy atom. The summed E-state index contributed by atoms with van der Waals surface area (Å²) in [4.78, 5) is 26.9. The maximum Gasteiger partial charge on any atom is 0.319 e. The summed E-state index contributed by atoms with van der Waals surface area (Å²) in [5, 5.41) is 5.73. The highest BCUT2D eigenvalue weighted by Crippen LogP contribution is 2.32. The highest BCUT2D eigenvalue weighted by Gasteiger charge is 2.39. The Balaban J connectivity index is 1.47. The zero-order chi connectivity index (χ0) is 18.8. The van der Waals surface area contributed by atoms with Gasteiger partial charge in [0.1, 0.15) is 0 Å². The molecule has 4 rings (SSSR count). The van der Waals surface area contributed by atoms with Crippen molar-refractivity contribution in [2.75, 3.05) is 13.1 Å². The molecule has 5 heteroatoms. The second-order valence-corrected chi connectivity index (χ2v) is 7.15. The van der Waals surface area contributed by atoms with Gasteiger partial charge in [-0.25, -0.2) is 4.79 Å². The number of hydrogen-bond donors (Lipinski definition) is 2. The number of nitrogens with one attached hydrogen (secondary N) is 2. The van der Waals surface area contributed by atoms with Crippen LogP contribution in [0.15, 0.2) is 65.9 Å². The Kier molecular flexibility index (Phi) is 4.67. The van der Waals surface area contributed by atoms with Gasteiger partial charge in [0.15, 0.2) is 0 Å². The first kappa shape index (κ1) is 17.3. The van der Waals surface area contributed by atoms with Crippen molar-refractivity contribution in [3.63, 3.8) is 0 Å². The fourth-order valence-electron chi connectivity index (χ4n) is 3.74. The topological polar surface area (TPSA) is 61.4 Å². The van der Waals surface area contributed by atoms with Gasteiger partial charge in [-0.2, -0.15) is 0 Å². The average Bonchev–Trinajstić information content (AvgIpc) is 2.98. The van der Waals surface area contributed by atoms with Crippen LogP contribution in [0.3, 0.4) is 0 Å². The zero-order valence-electron chi connectivity index (χ0n) is 15.4. The molecule has 2 aliphatic heterocycles. The SMILES string of the molecule is Cc1ccc([C@@H]2NC(=O)NC3=C2C(=O)N(CCCc2ccccc2)C3)cc1. The Morgan fingerprint density at radius 1 is 1.04 bits per heavy atom. The standard InChI is InChI=1S/C22H23N3O2/c1-15-9-11-17(12-10-15)20-19-18(23-22(27)24-20)14-25(21(19)26)13-5-8-16-6-3-2-4-7-16/h2-4,6-7,9-12,20H,5,8,13-14H2,1H3,(H2,23,24,27)/t20-/m0/s1. The van der Waals surface area contributed by atoms with E-state index < -0.39 is 0 Å². The smallest absolute Gasteiger partial charge is 0.319 e. The number of amides is 3. The molecule has 2 heterocycles. The van der Waals surface area contributed by atoms with E-state index in [1.807, 2.05) is 54.3 Å². The van der Waals surface area contributed by atoms with Gasteiger partial charge in [-0.15, -0.1) is 0 Å². The summed E-state index contributed by atoms with van der Waals surface area (Å²) in [6, 6.07) is 17.6. The molecule has 0 spiro atoms. The fraction of sp³-hybridized carbons (Fsp3) is 0.273. The molecule has 2 aliphatic rings. The molecule has 27 heavy (non-hydrogen) atoms. The molecule has 0 radical (unpaired) electrons. The lowest BCUT2D eigenvalue weighted by Gasteiger charge is -2.25. The summed E-state index contributed by atoms with van der Waals surface area (Å²) in [7, 11) is 0. The summed E-state index contributed by atoms with van der Waals surface area (Å²) in [5.41, 5.74) is 4.75. The quantitative estimate of drug-likeness (QED) is 0.860. The van der Waals surface area contributed by atoms with Gasteiger partial charge < -0.3 is 15.5 Å². The van der Waals surface area contributed by atoms with E-state index in [0.717, 1.165) is 29.7 Å². The van der Waals surface area contributed by atoms with Gasteiger partial charge >= 0.3 is 6.03 Å². The molecular formula is C22H23N3O2. The molecule has 0 unspecified atom stereocenters. The Hall–Kier alpha value is -3.08. The molecule has 0 saturated heterocycles. The third kappa shape index (κ3) is 3.58. The van der Waals surface area contributed by atoms with Crippen LogP contribution in [0, 0.1) is 6.92 Å². The highest BCUT2D eigenvalue weighted by atomic mass is 16.2. The van der Waals surface area contributed by atoms with Crippen LogP contribution >= 0.6 is 0 Å². The van der Waals surface area contributed by atoms with Crippen LogP contribution in [0.4, 0.5) is 4.79 Å². The number of carbonyl (C=O) groups is 2. The number of carbonyl (C=O) groups excluding carboxylic acids is 2. The van der Waals surface area contributed by atoms with E-state index in [0.29, 0.717) is 18.7 Å². The van der Waals surface area contributed by atoms with Crippen LogP contribution in [0.2, 0.25) is 0 Å². The van der Waals surface area contributed by atoms with Gasteiger partial charge in [0.25, 0.3) is 5.91 Å². The number of aryl methyl sites for hydroxylation is 2. The minimum Gasteiger partial charge on any atom is -0.333 e. The molecule has 2 aromatic carbocycles. The molecule has 0 bridgehead atoms. The highest BCUT2D eigenvalue weighted by molar-refractivity contribution is 6.01. The number of benzene rings is 2. The van der Waals surface area contributed by atoms with Gasteiger partial charge in [-0.05, 0) is 30.9 Å². The van der Waals surface area contributed by atoms with Crippen LogP contribution in [0.1, 0.15) is 29.2 Å². The number of rotatable bonds is 5. The number of nitrogens with zero attached hydrogens (tertiary/aromatic N) is 1. The first-order valence-corrected chi connectivity index (χ1v) is 9.32. The minimum atomic E-state index is -0.388. The third-order valence-electron chi connectivity index (χ3n) is 5.17. The van der Waals surface area contributed by atoms with Crippen LogP contribution in [-0.2, 0) is 11.2 Å². The van der Waals surface area contributed by atoms with Crippen molar-refractivity contribution in [3.05, 3.63) is 82.6 Å². The summed E-state index contributed by atoms with van der Waals surface area (Å²) in [5.74, 6) is 0.0103. The van der Waals surface area contributed by atoms with Gasteiger partial charge in [-0.1, -0.05) is 60.2 Å². The van der Waals surface area contributed by atoms with Crippen molar-refractivity contribution in [2.45, 2.75) is 25.8 Å². The normalized spacial score (nSPS) is 19.0. The van der Waals surface area contributed by atoms with Crippen LogP contribution in [-0.4, -0.2) is 29.9 Å². The van der Waals surface area contributed by atoms with Crippen LogP contribution in [0.25, 0.3) is 0 Å². The second kappa shape index (κ2) is 7.27. The van der Waals surface area contributed by atoms with Gasteiger partial charge in [0.2, 0.25) is 0 Å². The van der Waals surface area contributed by atoms with Gasteiger partial charge in [0.05, 0.1) is 23.9 Å². The van der Waals surface area contributed by atoms with Crippen molar-refractivity contribution in [1.82, 2.24) is 15.5 Å². The van der Waals surface area contributed by atoms with Gasteiger partial charge in [0, 0.05) is 6.54 Å². The Bertz CT molecular complexity index is 888. The Labute approximate surface area is 159 Å². The average molecular weight is 361 g/mol. The second-order valence-electron chi connectivity index (χ2n) is 7.15. The molecule has 138 valence electrons. The van der Waals surface area contributed by atoms with E-state index >= 15 is 0 Å². The molecule has 0 aliphatic carbocycles. The summed E-state index contributed by atoms with van der Waals surface area (Å²) >= 11 is 0. The zero-order valence-corrected chi connectivity index (χ0v) is 15.4. The lowest BCUT2D eigenvalue weighted by atomic mass is 9.95. The molecule has 2 aromatic rings. The van der Waals surface area contributed by atoms with Crippen molar-refractivity contribution in [2.24, 2.45) is 0 Å². The Morgan fingerprint density at radius 2 is 1.78 bits per heavy atom. The van der Waals surface area contributed by atoms with E-state index in [9.17, 15) is 9.59 Å². The first-order chi connectivity index (χ1) is 13.1. The fourth-order valence-corrected chi connectivity index (χ4v) is 3.74. The molecule has 0 aromatic heterocycles. The van der Waals surface area contributed by atoms with Crippen molar-refractivity contribution < 1.29 is 9.59 Å². The van der Waals surface area contributed by atoms with Crippen molar-refractivity contribution in [1.29, 1.82) is 0 Å². The predicted molar refractivity (Wildman–Crippen MR) is 104 cm³/mol. The van der Waals surface area contributed by atoms with E-state index in [2.05, 4.69) is 22.8 Å². The van der Waals surface area contributed by atoms with Crippen molar-refractivity contribution in [3.8, 4) is 0 Å². The van der Waals surface area contributed by atoms with Gasteiger partial charge in [-0.3, -0.25) is 4.79 Å². The van der Waals surface area contributed by atoms with Crippen LogP contribution in [0.5, 0.6) is 0 Å². The summed E-state index contributed by atoms with van der Waals surface area (Å²) in [6.45, 7) is 3.17. The molecule has 2 N–H and O–H groups in total. The predicted octanol–water partition coefficient (Wildman–Crippen LogP) is 3.08. The number of hydrogen-bond acceptors (Lipinski definition) is 2. The molecular weight excluding hydrogens is 338 g/mol. The molecule has 5 nitrogen and oxygen atoms in total. The van der Waals surface area contributed by atoms with E-state index in [-0.39, 0.29) is 18.0 Å². The van der Waals surface area contributed by atoms with E-state index in [1.54, 1.807) is 0 Å². The lowest BCUT2D eigenvalue weighted by Crippen LogP contribution is -2.44. The monoisotopic (exact) mass is 361 g/mol. The molecule has 3 amide bonds. The van der Waals surface area contributed by atoms with E-state index in [1.165, 1.54) is 5.56 Å². The molecule has 1 atom stereocenters. The largest absolute Gasteiger partial charge is 0.333 e. The molecule has 0 saturated carbocycles. The molecule has 0 fully saturated rings. The maximum absolute atomic E-state index is 13.0. The first-order valence-electron chi connectivity index (χ1n) is 9.32. The van der Waals surface area contributed by atoms with Crippen LogP contribution < -0.4 is 10.6 Å². The third-order valence-corrected chi connectivity index (χ3v) is 5.17.